The van der Waals surface area contributed by atoms with Gasteiger partial charge in [0.2, 0.25) is 0 Å². The highest BCUT2D eigenvalue weighted by Gasteiger charge is 2.30. The molecule has 2 aliphatic rings. The molecule has 154 valence electrons. The van der Waals surface area contributed by atoms with E-state index < -0.39 is 16.1 Å². The lowest BCUT2D eigenvalue weighted by Gasteiger charge is -2.10. The van der Waals surface area contributed by atoms with Crippen molar-refractivity contribution < 1.29 is 13.5 Å². The second-order valence-electron chi connectivity index (χ2n) is 7.69. The third-order valence-electron chi connectivity index (χ3n) is 5.62. The minimum absolute atomic E-state index is 0.0458. The zero-order valence-corrected chi connectivity index (χ0v) is 17.6. The van der Waals surface area contributed by atoms with E-state index in [1.807, 2.05) is 26.0 Å². The second kappa shape index (κ2) is 7.62. The number of hydrogen-bond donors (Lipinski definition) is 3. The van der Waals surface area contributed by atoms with Crippen molar-refractivity contribution in [2.75, 3.05) is 5.73 Å². The first kappa shape index (κ1) is 20.2. The number of aromatic amines is 1. The van der Waals surface area contributed by atoms with Gasteiger partial charge in [-0.15, -0.1) is 14.1 Å². The van der Waals surface area contributed by atoms with Crippen molar-refractivity contribution in [2.24, 2.45) is 5.92 Å². The van der Waals surface area contributed by atoms with Crippen LogP contribution in [0.25, 0.3) is 20.7 Å². The number of nitrogen functional groups attached to an aromatic ring is 1. The number of anilines is 1. The predicted molar refractivity (Wildman–Crippen MR) is 118 cm³/mol. The van der Waals surface area contributed by atoms with Gasteiger partial charge in [-0.25, -0.2) is 0 Å². The quantitative estimate of drug-likeness (QED) is 0.638. The average molecular weight is 424 g/mol. The average Bonchev–Trinajstić information content (AvgIpc) is 3.23. The summed E-state index contributed by atoms with van der Waals surface area (Å²) in [6.45, 7) is 3.84. The molecule has 2 aromatic rings. The molecule has 0 bridgehead atoms. The molecule has 2 aliphatic carbocycles. The van der Waals surface area contributed by atoms with Gasteiger partial charge in [-0.05, 0) is 67.5 Å². The Bertz CT molecular complexity index is 1330. The maximum Gasteiger partial charge on any atom is 0.511 e. The third-order valence-corrected chi connectivity index (χ3v) is 6.81. The number of rotatable bonds is 2. The van der Waals surface area contributed by atoms with Gasteiger partial charge in [0, 0.05) is 11.5 Å². The van der Waals surface area contributed by atoms with Crippen LogP contribution in [0.15, 0.2) is 46.6 Å². The molecule has 30 heavy (non-hydrogen) atoms. The van der Waals surface area contributed by atoms with E-state index in [9.17, 15) is 13.5 Å². The van der Waals surface area contributed by atoms with Crippen LogP contribution in [0, 0.1) is 18.9 Å². The van der Waals surface area contributed by atoms with Crippen LogP contribution in [0.4, 0.5) is 5.82 Å². The maximum atomic E-state index is 12.7. The fourth-order valence-electron chi connectivity index (χ4n) is 3.92. The summed E-state index contributed by atoms with van der Waals surface area (Å²) in [5, 5.41) is 17.4. The minimum Gasteiger partial charge on any atom is -0.393 e. The lowest BCUT2D eigenvalue weighted by Crippen LogP contribution is -1.99. The molecule has 1 saturated carbocycles. The van der Waals surface area contributed by atoms with E-state index in [4.69, 9.17) is 5.73 Å². The van der Waals surface area contributed by atoms with Gasteiger partial charge in [-0.3, -0.25) is 5.10 Å². The lowest BCUT2D eigenvalue weighted by molar-refractivity contribution is 0.180. The van der Waals surface area contributed by atoms with Crippen LogP contribution in [-0.4, -0.2) is 29.8 Å². The molecule has 0 amide bonds. The fourth-order valence-corrected chi connectivity index (χ4v) is 4.76. The van der Waals surface area contributed by atoms with Crippen molar-refractivity contribution in [2.45, 2.75) is 39.2 Å². The van der Waals surface area contributed by atoms with E-state index in [0.717, 1.165) is 33.2 Å². The van der Waals surface area contributed by atoms with E-state index in [1.54, 1.807) is 6.08 Å². The number of allylic oxidation sites excluding steroid dienone is 4. The zero-order valence-electron chi connectivity index (χ0n) is 16.8. The van der Waals surface area contributed by atoms with Gasteiger partial charge in [0.05, 0.1) is 21.8 Å². The Hall–Kier alpha value is -3.11. The monoisotopic (exact) mass is 423 g/mol. The molecule has 1 fully saturated rings. The number of fused-ring (bicyclic) bond motifs is 1. The number of sulfonamides is 1. The van der Waals surface area contributed by atoms with E-state index in [0.29, 0.717) is 25.1 Å². The van der Waals surface area contributed by atoms with Crippen molar-refractivity contribution in [1.29, 1.82) is 0 Å². The SMILES string of the molecule is CC1=C=CC(S(=O)(=O)[N+]#CC2CC[C@H](O)C2)=CC=C1c1ccc2[nH]nc(N)c2c1C. The molecule has 1 heterocycles. The van der Waals surface area contributed by atoms with Gasteiger partial charge in [-0.1, -0.05) is 12.1 Å². The van der Waals surface area contributed by atoms with E-state index in [2.05, 4.69) is 26.2 Å². The Morgan fingerprint density at radius 1 is 1.30 bits per heavy atom. The third kappa shape index (κ3) is 3.71. The Labute approximate surface area is 175 Å². The molecule has 8 heteroatoms. The Balaban J connectivity index is 1.72. The summed E-state index contributed by atoms with van der Waals surface area (Å²) in [6.07, 6.45) is 6.16. The summed E-state index contributed by atoms with van der Waals surface area (Å²) >= 11 is 0. The standard InChI is InChI=1S/C22H23N4O3S/c1-13-3-6-17(30(28,29)24-12-15-4-5-16(27)11-15)7-8-18(13)19-9-10-20-21(14(19)2)22(23)26-25-20/h6-10,15-16,27H,4-5,11H2,1-2H3,(H3,23,25,26)/q+1/t15?,16-/m0/s1. The summed E-state index contributed by atoms with van der Waals surface area (Å²) in [7, 11) is -3.90. The molecular formula is C22H23N4O3S+. The summed E-state index contributed by atoms with van der Waals surface area (Å²) in [4.78, 5) is 0.0458. The molecule has 1 aromatic heterocycles. The number of aliphatic hydroxyl groups excluding tert-OH is 1. The number of nitrogens with one attached hydrogen (secondary N) is 1. The first-order valence-electron chi connectivity index (χ1n) is 9.76. The number of aromatic nitrogens is 2. The fraction of sp³-hybridized carbons (Fsp3) is 0.318. The summed E-state index contributed by atoms with van der Waals surface area (Å²) < 4.78 is 29.1. The molecule has 1 unspecified atom stereocenters. The van der Waals surface area contributed by atoms with Crippen LogP contribution < -0.4 is 5.73 Å². The van der Waals surface area contributed by atoms with Gasteiger partial charge in [0.1, 0.15) is 0 Å². The topological polar surface area (TPSA) is 113 Å². The number of nitrogens with zero attached hydrogens (tertiary/aromatic N) is 2. The Morgan fingerprint density at radius 2 is 2.10 bits per heavy atom. The van der Waals surface area contributed by atoms with Gasteiger partial charge >= 0.3 is 16.1 Å². The number of aryl methyl sites for hydroxylation is 1. The minimum atomic E-state index is -3.90. The zero-order chi connectivity index (χ0) is 21.5. The normalized spacial score (nSPS) is 21.5. The first-order chi connectivity index (χ1) is 14.3. The number of nitrogens with two attached hydrogens (primary N) is 1. The van der Waals surface area contributed by atoms with Crippen molar-refractivity contribution in [3.05, 3.63) is 61.9 Å². The number of aliphatic hydroxyl groups is 1. The van der Waals surface area contributed by atoms with Crippen LogP contribution in [0.1, 0.15) is 37.3 Å². The van der Waals surface area contributed by atoms with E-state index >= 15 is 0 Å². The van der Waals surface area contributed by atoms with Crippen LogP contribution in [-0.2, 0) is 10.0 Å². The molecular weight excluding hydrogens is 400 g/mol. The molecule has 0 saturated heterocycles. The smallest absolute Gasteiger partial charge is 0.393 e. The summed E-state index contributed by atoms with van der Waals surface area (Å²) in [5.41, 5.74) is 13.4. The molecule has 4 N–H and O–H groups in total. The molecule has 7 nitrogen and oxygen atoms in total. The second-order valence-corrected chi connectivity index (χ2v) is 9.30. The largest absolute Gasteiger partial charge is 0.511 e. The van der Waals surface area contributed by atoms with Gasteiger partial charge < -0.3 is 10.8 Å². The number of hydrogen-bond acceptors (Lipinski definition) is 5. The van der Waals surface area contributed by atoms with Gasteiger partial charge in [-0.2, -0.15) is 5.10 Å². The highest BCUT2D eigenvalue weighted by atomic mass is 32.2. The number of H-pyrrole nitrogens is 1. The predicted octanol–water partition coefficient (Wildman–Crippen LogP) is 3.66. The Kier molecular flexibility index (Phi) is 5.12. The van der Waals surface area contributed by atoms with Gasteiger partial charge in [0.15, 0.2) is 10.7 Å². The lowest BCUT2D eigenvalue weighted by atomic mass is 9.93. The van der Waals surface area contributed by atoms with Crippen LogP contribution in [0.5, 0.6) is 0 Å². The first-order valence-corrected chi connectivity index (χ1v) is 11.2. The summed E-state index contributed by atoms with van der Waals surface area (Å²) in [5.74, 6) is 0.291. The highest BCUT2D eigenvalue weighted by molar-refractivity contribution is 7.97. The van der Waals surface area contributed by atoms with Crippen molar-refractivity contribution >= 4 is 32.3 Å². The molecule has 0 spiro atoms. The molecule has 4 rings (SSSR count). The van der Waals surface area contributed by atoms with Crippen molar-refractivity contribution in [3.63, 3.8) is 0 Å². The molecule has 0 radical (unpaired) electrons. The summed E-state index contributed by atoms with van der Waals surface area (Å²) in [6, 6.07) is 6.55. The van der Waals surface area contributed by atoms with Crippen LogP contribution in [0.2, 0.25) is 0 Å². The Morgan fingerprint density at radius 3 is 2.83 bits per heavy atom. The van der Waals surface area contributed by atoms with Crippen LogP contribution >= 0.6 is 0 Å². The maximum absolute atomic E-state index is 12.7. The molecule has 2 atom stereocenters. The van der Waals surface area contributed by atoms with Crippen LogP contribution in [0.3, 0.4) is 0 Å². The van der Waals surface area contributed by atoms with E-state index in [-0.39, 0.29) is 10.8 Å². The molecule has 0 aliphatic heterocycles. The highest BCUT2D eigenvalue weighted by Crippen LogP contribution is 2.33. The number of benzene rings is 1. The van der Waals surface area contributed by atoms with Gasteiger partial charge in [0.25, 0.3) is 0 Å². The van der Waals surface area contributed by atoms with Crippen molar-refractivity contribution in [3.8, 4) is 6.07 Å². The van der Waals surface area contributed by atoms with Crippen molar-refractivity contribution in [1.82, 2.24) is 10.2 Å². The molecule has 1 aromatic carbocycles. The van der Waals surface area contributed by atoms with E-state index in [1.165, 1.54) is 12.2 Å².